The average Bonchev–Trinajstić information content (AvgIpc) is 2.65. The van der Waals surface area contributed by atoms with E-state index >= 15 is 0 Å². The molecule has 0 unspecified atom stereocenters. The summed E-state index contributed by atoms with van der Waals surface area (Å²) in [5.74, 6) is 0.0474. The predicted molar refractivity (Wildman–Crippen MR) is 56.8 cm³/mol. The summed E-state index contributed by atoms with van der Waals surface area (Å²) in [4.78, 5) is 22.5. The third kappa shape index (κ3) is 2.08. The molecule has 1 aromatic heterocycles. The highest BCUT2D eigenvalue weighted by Crippen LogP contribution is 2.09. The molecule has 0 saturated carbocycles. The zero-order chi connectivity index (χ0) is 11.5. The highest BCUT2D eigenvalue weighted by Gasteiger charge is 2.19. The molecule has 0 bridgehead atoms. The summed E-state index contributed by atoms with van der Waals surface area (Å²) in [6.07, 6.45) is 2.25. The van der Waals surface area contributed by atoms with E-state index in [2.05, 4.69) is 26.0 Å². The monoisotopic (exact) mass is 221 g/mol. The van der Waals surface area contributed by atoms with Gasteiger partial charge in [0.25, 0.3) is 5.91 Å². The molecule has 84 valence electrons. The maximum Gasteiger partial charge on any atom is 0.273 e. The first-order valence-corrected chi connectivity index (χ1v) is 4.83. The van der Waals surface area contributed by atoms with Crippen molar-refractivity contribution in [2.24, 2.45) is 5.10 Å². The van der Waals surface area contributed by atoms with Gasteiger partial charge >= 0.3 is 0 Å². The standard InChI is InChI=1S/C9H11N5O2/c1-5-4-10-14-8(5)11-9(16)6-2-3-7(15)13-12-6/h4H,2-3H2,1H3,(H,13,15)(H2,10,11,14,16). The summed E-state index contributed by atoms with van der Waals surface area (Å²) < 4.78 is 0. The van der Waals surface area contributed by atoms with Crippen LogP contribution in [0.4, 0.5) is 5.82 Å². The van der Waals surface area contributed by atoms with Gasteiger partial charge in [0.1, 0.15) is 11.5 Å². The number of nitrogens with one attached hydrogen (secondary N) is 3. The van der Waals surface area contributed by atoms with Gasteiger partial charge in [-0.1, -0.05) is 0 Å². The number of carbonyl (C=O) groups excluding carboxylic acids is 2. The van der Waals surface area contributed by atoms with Crippen LogP contribution in [0.3, 0.4) is 0 Å². The average molecular weight is 221 g/mol. The number of carbonyl (C=O) groups is 2. The van der Waals surface area contributed by atoms with E-state index < -0.39 is 0 Å². The maximum atomic E-state index is 11.7. The zero-order valence-corrected chi connectivity index (χ0v) is 8.70. The van der Waals surface area contributed by atoms with Gasteiger partial charge in [0.15, 0.2) is 0 Å². The van der Waals surface area contributed by atoms with Crippen LogP contribution in [0, 0.1) is 6.92 Å². The molecule has 2 heterocycles. The fourth-order valence-electron chi connectivity index (χ4n) is 1.30. The van der Waals surface area contributed by atoms with Crippen LogP contribution in [0.1, 0.15) is 18.4 Å². The van der Waals surface area contributed by atoms with E-state index in [0.29, 0.717) is 18.0 Å². The second kappa shape index (κ2) is 4.13. The van der Waals surface area contributed by atoms with E-state index in [-0.39, 0.29) is 18.2 Å². The number of amides is 2. The Morgan fingerprint density at radius 2 is 2.31 bits per heavy atom. The van der Waals surface area contributed by atoms with Crippen LogP contribution in [-0.2, 0) is 9.59 Å². The van der Waals surface area contributed by atoms with Crippen molar-refractivity contribution in [3.8, 4) is 0 Å². The fourth-order valence-corrected chi connectivity index (χ4v) is 1.30. The first-order chi connectivity index (χ1) is 7.66. The molecule has 1 aromatic rings. The second-order valence-electron chi connectivity index (χ2n) is 3.48. The van der Waals surface area contributed by atoms with Crippen molar-refractivity contribution in [2.45, 2.75) is 19.8 Å². The third-order valence-electron chi connectivity index (χ3n) is 2.23. The van der Waals surface area contributed by atoms with Crippen LogP contribution < -0.4 is 10.7 Å². The molecule has 1 aliphatic rings. The molecule has 0 saturated heterocycles. The molecular formula is C9H11N5O2. The summed E-state index contributed by atoms with van der Waals surface area (Å²) >= 11 is 0. The van der Waals surface area contributed by atoms with Gasteiger partial charge in [-0.05, 0) is 6.92 Å². The van der Waals surface area contributed by atoms with Crippen molar-refractivity contribution < 1.29 is 9.59 Å². The van der Waals surface area contributed by atoms with Crippen LogP contribution in [0.5, 0.6) is 0 Å². The Kier molecular flexibility index (Phi) is 2.67. The predicted octanol–water partition coefficient (Wildman–Crippen LogP) is -0.0774. The van der Waals surface area contributed by atoms with Crippen molar-refractivity contribution in [1.82, 2.24) is 15.6 Å². The first kappa shape index (κ1) is 10.3. The topological polar surface area (TPSA) is 99.2 Å². The molecule has 0 radical (unpaired) electrons. The minimum Gasteiger partial charge on any atom is -0.306 e. The molecule has 0 atom stereocenters. The quantitative estimate of drug-likeness (QED) is 0.651. The molecule has 0 aromatic carbocycles. The number of rotatable bonds is 2. The molecule has 7 nitrogen and oxygen atoms in total. The molecule has 0 fully saturated rings. The van der Waals surface area contributed by atoms with Gasteiger partial charge in [-0.25, -0.2) is 5.43 Å². The normalized spacial score (nSPS) is 15.3. The van der Waals surface area contributed by atoms with Crippen LogP contribution in [0.2, 0.25) is 0 Å². The summed E-state index contributed by atoms with van der Waals surface area (Å²) in [6.45, 7) is 1.82. The Morgan fingerprint density at radius 1 is 1.50 bits per heavy atom. The van der Waals surface area contributed by atoms with Gasteiger partial charge < -0.3 is 5.32 Å². The number of aryl methyl sites for hydroxylation is 1. The SMILES string of the molecule is Cc1cn[nH]c1NC(=O)C1=NNC(=O)CC1. The maximum absolute atomic E-state index is 11.7. The molecule has 3 N–H and O–H groups in total. The zero-order valence-electron chi connectivity index (χ0n) is 8.70. The molecule has 2 amide bonds. The van der Waals surface area contributed by atoms with Crippen LogP contribution in [0.15, 0.2) is 11.3 Å². The van der Waals surface area contributed by atoms with E-state index in [0.717, 1.165) is 5.56 Å². The van der Waals surface area contributed by atoms with Crippen molar-refractivity contribution in [3.63, 3.8) is 0 Å². The summed E-state index contributed by atoms with van der Waals surface area (Å²) in [7, 11) is 0. The third-order valence-corrected chi connectivity index (χ3v) is 2.23. The largest absolute Gasteiger partial charge is 0.306 e. The second-order valence-corrected chi connectivity index (χ2v) is 3.48. The summed E-state index contributed by atoms with van der Waals surface area (Å²) in [5, 5.41) is 12.8. The molecule has 0 aliphatic carbocycles. The molecule has 1 aliphatic heterocycles. The van der Waals surface area contributed by atoms with E-state index in [1.807, 2.05) is 6.92 Å². The first-order valence-electron chi connectivity index (χ1n) is 4.83. The van der Waals surface area contributed by atoms with E-state index in [4.69, 9.17) is 0 Å². The Morgan fingerprint density at radius 3 is 2.88 bits per heavy atom. The van der Waals surface area contributed by atoms with Gasteiger partial charge in [0.2, 0.25) is 5.91 Å². The van der Waals surface area contributed by atoms with Gasteiger partial charge in [0, 0.05) is 18.4 Å². The van der Waals surface area contributed by atoms with Crippen molar-refractivity contribution >= 4 is 23.3 Å². The van der Waals surface area contributed by atoms with Gasteiger partial charge in [0.05, 0.1) is 6.20 Å². The van der Waals surface area contributed by atoms with Gasteiger partial charge in [-0.15, -0.1) is 0 Å². The number of anilines is 1. The van der Waals surface area contributed by atoms with E-state index in [1.54, 1.807) is 6.20 Å². The smallest absolute Gasteiger partial charge is 0.273 e. The lowest BCUT2D eigenvalue weighted by atomic mass is 10.1. The number of H-pyrrole nitrogens is 1. The lowest BCUT2D eigenvalue weighted by molar-refractivity contribution is -0.121. The van der Waals surface area contributed by atoms with Crippen molar-refractivity contribution in [3.05, 3.63) is 11.8 Å². The molecule has 16 heavy (non-hydrogen) atoms. The Labute approximate surface area is 91.3 Å². The lowest BCUT2D eigenvalue weighted by Gasteiger charge is -2.11. The lowest BCUT2D eigenvalue weighted by Crippen LogP contribution is -2.32. The van der Waals surface area contributed by atoms with Gasteiger partial charge in [-0.2, -0.15) is 10.2 Å². The molecule has 0 spiro atoms. The van der Waals surface area contributed by atoms with Crippen molar-refractivity contribution in [1.29, 1.82) is 0 Å². The highest BCUT2D eigenvalue weighted by molar-refractivity contribution is 6.43. The minimum atomic E-state index is -0.327. The molecule has 2 rings (SSSR count). The Bertz CT molecular complexity index is 462. The van der Waals surface area contributed by atoms with E-state index in [9.17, 15) is 9.59 Å². The van der Waals surface area contributed by atoms with Crippen LogP contribution in [0.25, 0.3) is 0 Å². The number of aromatic amines is 1. The van der Waals surface area contributed by atoms with E-state index in [1.165, 1.54) is 0 Å². The van der Waals surface area contributed by atoms with Crippen LogP contribution in [-0.4, -0.2) is 27.7 Å². The molecule has 7 heteroatoms. The Hall–Kier alpha value is -2.18. The van der Waals surface area contributed by atoms with Crippen molar-refractivity contribution in [2.75, 3.05) is 5.32 Å². The number of hydrogen-bond donors (Lipinski definition) is 3. The number of aromatic nitrogens is 2. The molecular weight excluding hydrogens is 210 g/mol. The fraction of sp³-hybridized carbons (Fsp3) is 0.333. The number of nitrogens with zero attached hydrogens (tertiary/aromatic N) is 2. The number of hydrogen-bond acceptors (Lipinski definition) is 4. The highest BCUT2D eigenvalue weighted by atomic mass is 16.2. The van der Waals surface area contributed by atoms with Crippen LogP contribution >= 0.6 is 0 Å². The summed E-state index contributed by atoms with van der Waals surface area (Å²) in [5.41, 5.74) is 3.42. The summed E-state index contributed by atoms with van der Waals surface area (Å²) in [6, 6.07) is 0. The number of hydrazone groups is 1. The minimum absolute atomic E-state index is 0.172. The van der Waals surface area contributed by atoms with Gasteiger partial charge in [-0.3, -0.25) is 14.7 Å². The Balaban J connectivity index is 2.04.